The van der Waals surface area contributed by atoms with Crippen LogP contribution in [0.5, 0.6) is 0 Å². The monoisotopic (exact) mass is 524 g/mol. The van der Waals surface area contributed by atoms with Crippen LogP contribution in [0.4, 0.5) is 0 Å². The average Bonchev–Trinajstić information content (AvgIpc) is 3.31. The lowest BCUT2D eigenvalue weighted by molar-refractivity contribution is 0.111. The van der Waals surface area contributed by atoms with E-state index < -0.39 is 8.32 Å². The van der Waals surface area contributed by atoms with Crippen LogP contribution in [0, 0.1) is 52.3 Å². The molecule has 4 aliphatic carbocycles. The van der Waals surface area contributed by atoms with Gasteiger partial charge in [0.15, 0.2) is 8.32 Å². The Morgan fingerprint density at radius 2 is 1.73 bits per heavy atom. The average molecular weight is 525 g/mol. The van der Waals surface area contributed by atoms with Gasteiger partial charge in [0.1, 0.15) is 0 Å². The minimum Gasteiger partial charge on any atom is -0.410 e. The van der Waals surface area contributed by atoms with Gasteiger partial charge < -0.3 is 4.43 Å². The first-order valence-electron chi connectivity index (χ1n) is 15.8. The quantitative estimate of drug-likeness (QED) is 0.226. The smallest absolute Gasteiger partial charge is 0.192 e. The molecule has 0 spiro atoms. The van der Waals surface area contributed by atoms with E-state index in [9.17, 15) is 0 Å². The lowest BCUT2D eigenvalue weighted by atomic mass is 9.60. The van der Waals surface area contributed by atoms with Crippen molar-refractivity contribution >= 4 is 8.32 Å². The zero-order valence-electron chi connectivity index (χ0n) is 26.4. The van der Waals surface area contributed by atoms with Crippen LogP contribution >= 0.6 is 0 Å². The highest BCUT2D eigenvalue weighted by atomic mass is 28.4. The van der Waals surface area contributed by atoms with Gasteiger partial charge in [-0.15, -0.1) is 0 Å². The zero-order valence-corrected chi connectivity index (χ0v) is 27.4. The van der Waals surface area contributed by atoms with Crippen molar-refractivity contribution in [3.8, 4) is 0 Å². The molecule has 9 atom stereocenters. The first kappa shape index (κ1) is 29.4. The third kappa shape index (κ3) is 5.17. The van der Waals surface area contributed by atoms with Crippen LogP contribution in [0.15, 0.2) is 36.0 Å². The van der Waals surface area contributed by atoms with E-state index in [1.807, 2.05) is 0 Å². The fourth-order valence-electron chi connectivity index (χ4n) is 8.56. The molecule has 4 saturated carbocycles. The molecule has 0 N–H and O–H groups in total. The fraction of sp³-hybridized carbons (Fsp3) is 0.829. The van der Waals surface area contributed by atoms with E-state index in [1.54, 1.807) is 5.57 Å². The lowest BCUT2D eigenvalue weighted by Crippen LogP contribution is -2.44. The maximum atomic E-state index is 6.93. The summed E-state index contributed by atoms with van der Waals surface area (Å²) in [5.41, 5.74) is 4.02. The van der Waals surface area contributed by atoms with Crippen molar-refractivity contribution in [2.75, 3.05) is 0 Å². The minimum absolute atomic E-state index is 0.255. The Morgan fingerprint density at radius 3 is 2.35 bits per heavy atom. The molecule has 0 aromatic rings. The molecule has 0 bridgehead atoms. The summed E-state index contributed by atoms with van der Waals surface area (Å²) in [5.74, 6) is 5.08. The van der Waals surface area contributed by atoms with Gasteiger partial charge in [0.25, 0.3) is 0 Å². The first-order chi connectivity index (χ1) is 17.0. The summed E-state index contributed by atoms with van der Waals surface area (Å²) in [6, 6.07) is 0. The molecule has 4 aliphatic rings. The second-order valence-corrected chi connectivity index (χ2v) is 20.8. The van der Waals surface area contributed by atoms with E-state index in [0.29, 0.717) is 28.6 Å². The Labute approximate surface area is 232 Å². The Morgan fingerprint density at radius 1 is 1.05 bits per heavy atom. The SMILES string of the molecule is C=C1[C@@H](O[Si](C)(C)C(C)(C)C)CC2C[C@]12[C@H](C)/C=C1\CCC[C@]2(C)[C@@H]([C@H](C)/C=C/[C@H](C)C(C)C)CC[C@@H]12. The van der Waals surface area contributed by atoms with Crippen molar-refractivity contribution in [2.45, 2.75) is 131 Å². The highest BCUT2D eigenvalue weighted by Crippen LogP contribution is 2.71. The first-order valence-corrected chi connectivity index (χ1v) is 18.7. The molecule has 1 unspecified atom stereocenters. The van der Waals surface area contributed by atoms with Crippen molar-refractivity contribution in [3.63, 3.8) is 0 Å². The van der Waals surface area contributed by atoms with Crippen LogP contribution in [0.1, 0.15) is 107 Å². The molecular weight excluding hydrogens is 464 g/mol. The molecule has 0 saturated heterocycles. The Bertz CT molecular complexity index is 918. The van der Waals surface area contributed by atoms with E-state index in [-0.39, 0.29) is 11.1 Å². The molecular formula is C35H60OSi. The highest BCUT2D eigenvalue weighted by Gasteiger charge is 2.65. The van der Waals surface area contributed by atoms with Gasteiger partial charge in [0, 0.05) is 5.41 Å². The van der Waals surface area contributed by atoms with Crippen molar-refractivity contribution in [1.82, 2.24) is 0 Å². The van der Waals surface area contributed by atoms with Crippen LogP contribution in [0.2, 0.25) is 18.1 Å². The zero-order chi connectivity index (χ0) is 27.6. The summed E-state index contributed by atoms with van der Waals surface area (Å²) in [6.07, 6.45) is 17.6. The molecule has 0 amide bonds. The van der Waals surface area contributed by atoms with Crippen LogP contribution in [0.3, 0.4) is 0 Å². The van der Waals surface area contributed by atoms with Crippen molar-refractivity contribution in [2.24, 2.45) is 52.3 Å². The van der Waals surface area contributed by atoms with Crippen LogP contribution in [-0.2, 0) is 4.43 Å². The number of allylic oxidation sites excluding steroid dienone is 4. The van der Waals surface area contributed by atoms with Crippen LogP contribution in [-0.4, -0.2) is 14.4 Å². The molecule has 2 heteroatoms. The maximum Gasteiger partial charge on any atom is 0.192 e. The van der Waals surface area contributed by atoms with Gasteiger partial charge in [-0.1, -0.05) is 92.7 Å². The predicted molar refractivity (Wildman–Crippen MR) is 164 cm³/mol. The Hall–Kier alpha value is -0.603. The summed E-state index contributed by atoms with van der Waals surface area (Å²) >= 11 is 0. The topological polar surface area (TPSA) is 9.23 Å². The molecule has 0 heterocycles. The standard InChI is InChI=1S/C35H60OSi/c1-23(2)24(3)15-16-25(4)30-17-18-31-28(14-13-19-34(30,31)10)20-26(5)35-22-29(35)21-32(27(35)6)36-37(11,12)33(7,8)9/h15-16,20,23-26,29-32H,6,13-14,17-19,21-22H2,1-5,7-12H3/b16-15+,28-20+/t24-,25+,26+,29?,30+,31-,32-,34+,35-/m0/s1. The molecule has 1 nitrogen and oxygen atoms in total. The summed E-state index contributed by atoms with van der Waals surface area (Å²) in [4.78, 5) is 0. The predicted octanol–water partition coefficient (Wildman–Crippen LogP) is 10.6. The molecule has 37 heavy (non-hydrogen) atoms. The van der Waals surface area contributed by atoms with Gasteiger partial charge >= 0.3 is 0 Å². The van der Waals surface area contributed by atoms with Gasteiger partial charge in [-0.25, -0.2) is 0 Å². The maximum absolute atomic E-state index is 6.93. The van der Waals surface area contributed by atoms with E-state index in [2.05, 4.69) is 93.6 Å². The molecule has 0 aromatic carbocycles. The highest BCUT2D eigenvalue weighted by molar-refractivity contribution is 6.74. The molecule has 4 fully saturated rings. The van der Waals surface area contributed by atoms with E-state index in [1.165, 1.54) is 50.5 Å². The van der Waals surface area contributed by atoms with Gasteiger partial charge in [0.2, 0.25) is 0 Å². The Balaban J connectivity index is 1.48. The number of hydrogen-bond acceptors (Lipinski definition) is 1. The van der Waals surface area contributed by atoms with Crippen molar-refractivity contribution in [1.29, 1.82) is 0 Å². The van der Waals surface area contributed by atoms with Crippen LogP contribution in [0.25, 0.3) is 0 Å². The van der Waals surface area contributed by atoms with E-state index in [0.717, 1.165) is 23.7 Å². The Kier molecular flexibility index (Phi) is 8.02. The van der Waals surface area contributed by atoms with E-state index >= 15 is 0 Å². The minimum atomic E-state index is -1.78. The number of rotatable bonds is 8. The fourth-order valence-corrected chi connectivity index (χ4v) is 9.86. The van der Waals surface area contributed by atoms with Crippen molar-refractivity contribution in [3.05, 3.63) is 36.0 Å². The van der Waals surface area contributed by atoms with Gasteiger partial charge in [-0.2, -0.15) is 0 Å². The van der Waals surface area contributed by atoms with E-state index in [4.69, 9.17) is 11.0 Å². The third-order valence-electron chi connectivity index (χ3n) is 12.6. The lowest BCUT2D eigenvalue weighted by Gasteiger charge is -2.44. The molecule has 4 rings (SSSR count). The summed E-state index contributed by atoms with van der Waals surface area (Å²) in [7, 11) is -1.78. The summed E-state index contributed by atoms with van der Waals surface area (Å²) in [5, 5.41) is 0.255. The molecule has 0 aromatic heterocycles. The van der Waals surface area contributed by atoms with Gasteiger partial charge in [-0.3, -0.25) is 0 Å². The molecule has 0 radical (unpaired) electrons. The third-order valence-corrected chi connectivity index (χ3v) is 17.1. The van der Waals surface area contributed by atoms with Crippen molar-refractivity contribution < 1.29 is 4.43 Å². The summed E-state index contributed by atoms with van der Waals surface area (Å²) in [6.45, 7) is 31.3. The normalized spacial score (nSPS) is 39.8. The number of hydrogen-bond donors (Lipinski definition) is 0. The number of fused-ring (bicyclic) bond motifs is 2. The summed E-state index contributed by atoms with van der Waals surface area (Å²) < 4.78 is 6.93. The second-order valence-electron chi connectivity index (χ2n) is 16.0. The van der Waals surface area contributed by atoms with Crippen LogP contribution < -0.4 is 0 Å². The molecule has 0 aliphatic heterocycles. The van der Waals surface area contributed by atoms with Gasteiger partial charge in [-0.05, 0) is 115 Å². The van der Waals surface area contributed by atoms with Gasteiger partial charge in [0.05, 0.1) is 6.10 Å². The second kappa shape index (κ2) is 10.1. The largest absolute Gasteiger partial charge is 0.410 e. The molecule has 210 valence electrons.